The predicted molar refractivity (Wildman–Crippen MR) is 63.1 cm³/mol. The lowest BCUT2D eigenvalue weighted by Gasteiger charge is -2.16. The number of nitrogens with zero attached hydrogens (tertiary/aromatic N) is 3. The van der Waals surface area contributed by atoms with Gasteiger partial charge >= 0.3 is 0 Å². The molecule has 1 aromatic heterocycles. The van der Waals surface area contributed by atoms with Crippen molar-refractivity contribution in [2.75, 3.05) is 0 Å². The van der Waals surface area contributed by atoms with Crippen LogP contribution in [0.4, 0.5) is 0 Å². The van der Waals surface area contributed by atoms with Crippen LogP contribution in [-0.4, -0.2) is 20.5 Å². The molecule has 90 valence electrons. The Labute approximate surface area is 97.1 Å². The number of hydrogen-bond acceptors (Lipinski definition) is 3. The molecule has 0 amide bonds. The summed E-state index contributed by atoms with van der Waals surface area (Å²) >= 11 is 0. The first-order chi connectivity index (χ1) is 7.42. The van der Waals surface area contributed by atoms with Gasteiger partial charge in [0.15, 0.2) is 0 Å². The number of hydrogen-bond donors (Lipinski definition) is 0. The van der Waals surface area contributed by atoms with Gasteiger partial charge in [-0.3, -0.25) is 4.79 Å². The van der Waals surface area contributed by atoms with E-state index >= 15 is 0 Å². The molecule has 0 unspecified atom stereocenters. The molecule has 16 heavy (non-hydrogen) atoms. The minimum Gasteiger partial charge on any atom is -0.299 e. The van der Waals surface area contributed by atoms with E-state index < -0.39 is 0 Å². The number of aryl methyl sites for hydroxylation is 1. The van der Waals surface area contributed by atoms with E-state index in [0.29, 0.717) is 12.8 Å². The van der Waals surface area contributed by atoms with Gasteiger partial charge in [-0.1, -0.05) is 27.7 Å². The molecule has 0 saturated heterocycles. The van der Waals surface area contributed by atoms with Gasteiger partial charge in [0.05, 0.1) is 6.42 Å². The number of aromatic nitrogens is 3. The third-order valence-electron chi connectivity index (χ3n) is 2.21. The zero-order valence-electron chi connectivity index (χ0n) is 10.7. The van der Waals surface area contributed by atoms with E-state index in [4.69, 9.17) is 0 Å². The van der Waals surface area contributed by atoms with Gasteiger partial charge in [0.25, 0.3) is 0 Å². The summed E-state index contributed by atoms with van der Waals surface area (Å²) in [5.74, 6) is 1.02. The lowest BCUT2D eigenvalue weighted by Crippen LogP contribution is -2.17. The molecular formula is C12H21N3O. The van der Waals surface area contributed by atoms with Crippen LogP contribution in [-0.2, 0) is 17.8 Å². The highest BCUT2D eigenvalue weighted by Gasteiger charge is 2.17. The molecule has 0 aliphatic carbocycles. The first kappa shape index (κ1) is 12.9. The Hall–Kier alpha value is -1.19. The van der Waals surface area contributed by atoms with Gasteiger partial charge in [-0.15, -0.1) is 0 Å². The van der Waals surface area contributed by atoms with Crippen molar-refractivity contribution in [2.24, 2.45) is 5.41 Å². The highest BCUT2D eigenvalue weighted by atomic mass is 16.1. The lowest BCUT2D eigenvalue weighted by molar-refractivity contribution is -0.120. The highest BCUT2D eigenvalue weighted by Crippen LogP contribution is 2.19. The standard InChI is InChI=1S/C12H21N3O/c1-5-6-15-11(13-9-14-15)7-10(16)8-12(2,3)4/h9H,5-8H2,1-4H3. The minimum absolute atomic E-state index is 0.0483. The zero-order valence-corrected chi connectivity index (χ0v) is 10.7. The van der Waals surface area contributed by atoms with Crippen molar-refractivity contribution in [3.05, 3.63) is 12.2 Å². The third-order valence-corrected chi connectivity index (χ3v) is 2.21. The number of rotatable bonds is 5. The molecule has 0 aliphatic heterocycles. The molecule has 1 heterocycles. The fourth-order valence-electron chi connectivity index (χ4n) is 1.65. The molecule has 4 heteroatoms. The Morgan fingerprint density at radius 3 is 2.69 bits per heavy atom. The lowest BCUT2D eigenvalue weighted by atomic mass is 9.89. The second kappa shape index (κ2) is 5.23. The summed E-state index contributed by atoms with van der Waals surface area (Å²) in [4.78, 5) is 15.9. The van der Waals surface area contributed by atoms with Crippen LogP contribution in [0.15, 0.2) is 6.33 Å². The van der Waals surface area contributed by atoms with Crippen molar-refractivity contribution < 1.29 is 4.79 Å². The van der Waals surface area contributed by atoms with Crippen molar-refractivity contribution in [2.45, 2.75) is 53.5 Å². The normalized spacial score (nSPS) is 11.8. The molecule has 1 aromatic rings. The van der Waals surface area contributed by atoms with Crippen molar-refractivity contribution in [3.63, 3.8) is 0 Å². The molecule has 0 radical (unpaired) electrons. The smallest absolute Gasteiger partial charge is 0.140 e. The quantitative estimate of drug-likeness (QED) is 0.769. The molecule has 0 bridgehead atoms. The highest BCUT2D eigenvalue weighted by molar-refractivity contribution is 5.80. The largest absolute Gasteiger partial charge is 0.299 e. The van der Waals surface area contributed by atoms with Crippen molar-refractivity contribution >= 4 is 5.78 Å². The minimum atomic E-state index is 0.0483. The predicted octanol–water partition coefficient (Wildman–Crippen LogP) is 2.24. The maximum Gasteiger partial charge on any atom is 0.140 e. The molecule has 0 atom stereocenters. The van der Waals surface area contributed by atoms with Gasteiger partial charge in [-0.05, 0) is 11.8 Å². The van der Waals surface area contributed by atoms with Gasteiger partial charge in [0, 0.05) is 13.0 Å². The summed E-state index contributed by atoms with van der Waals surface area (Å²) in [7, 11) is 0. The average Bonchev–Trinajstić information content (AvgIpc) is 2.50. The molecule has 1 rings (SSSR count). The molecule has 0 aromatic carbocycles. The van der Waals surface area contributed by atoms with E-state index in [9.17, 15) is 4.79 Å². The Kier molecular flexibility index (Phi) is 4.21. The van der Waals surface area contributed by atoms with Crippen LogP contribution in [0.25, 0.3) is 0 Å². The maximum absolute atomic E-state index is 11.8. The van der Waals surface area contributed by atoms with Gasteiger partial charge in [0.1, 0.15) is 17.9 Å². The molecule has 0 N–H and O–H groups in total. The Bertz CT molecular complexity index is 349. The van der Waals surface area contributed by atoms with Crippen LogP contribution in [0.2, 0.25) is 0 Å². The monoisotopic (exact) mass is 223 g/mol. The fourth-order valence-corrected chi connectivity index (χ4v) is 1.65. The zero-order chi connectivity index (χ0) is 12.2. The van der Waals surface area contributed by atoms with Gasteiger partial charge < -0.3 is 0 Å². The topological polar surface area (TPSA) is 47.8 Å². The third kappa shape index (κ3) is 4.13. The Balaban J connectivity index is 2.59. The molecule has 0 aliphatic rings. The molecule has 0 spiro atoms. The fraction of sp³-hybridized carbons (Fsp3) is 0.750. The van der Waals surface area contributed by atoms with E-state index in [1.165, 1.54) is 6.33 Å². The summed E-state index contributed by atoms with van der Waals surface area (Å²) in [5.41, 5.74) is 0.0483. The van der Waals surface area contributed by atoms with Crippen LogP contribution in [0.5, 0.6) is 0 Å². The van der Waals surface area contributed by atoms with Crippen LogP contribution in [0.1, 0.15) is 46.4 Å². The molecule has 4 nitrogen and oxygen atoms in total. The first-order valence-corrected chi connectivity index (χ1v) is 5.81. The molecular weight excluding hydrogens is 202 g/mol. The number of Topliss-reactive ketones (excluding diaryl/α,β-unsaturated/α-hetero) is 1. The van der Waals surface area contributed by atoms with Crippen LogP contribution in [0.3, 0.4) is 0 Å². The van der Waals surface area contributed by atoms with Crippen LogP contribution >= 0.6 is 0 Å². The van der Waals surface area contributed by atoms with Gasteiger partial charge in [-0.25, -0.2) is 9.67 Å². The van der Waals surface area contributed by atoms with Crippen molar-refractivity contribution in [1.82, 2.24) is 14.8 Å². The summed E-state index contributed by atoms with van der Waals surface area (Å²) in [6.45, 7) is 9.13. The number of ketones is 1. The summed E-state index contributed by atoms with van der Waals surface area (Å²) in [5, 5.41) is 4.11. The van der Waals surface area contributed by atoms with E-state index in [-0.39, 0.29) is 11.2 Å². The van der Waals surface area contributed by atoms with Crippen molar-refractivity contribution in [3.8, 4) is 0 Å². The second-order valence-corrected chi connectivity index (χ2v) is 5.35. The number of carbonyl (C=O) groups excluding carboxylic acids is 1. The Morgan fingerprint density at radius 2 is 2.12 bits per heavy atom. The van der Waals surface area contributed by atoms with E-state index in [1.54, 1.807) is 0 Å². The van der Waals surface area contributed by atoms with Gasteiger partial charge in [-0.2, -0.15) is 5.10 Å². The maximum atomic E-state index is 11.8. The molecule has 0 saturated carbocycles. The van der Waals surface area contributed by atoms with E-state index in [0.717, 1.165) is 18.8 Å². The van der Waals surface area contributed by atoms with Crippen LogP contribution < -0.4 is 0 Å². The Morgan fingerprint density at radius 1 is 1.44 bits per heavy atom. The summed E-state index contributed by atoms with van der Waals surface area (Å²) < 4.78 is 1.82. The summed E-state index contributed by atoms with van der Waals surface area (Å²) in [6.07, 6.45) is 3.52. The average molecular weight is 223 g/mol. The van der Waals surface area contributed by atoms with Crippen LogP contribution in [0, 0.1) is 5.41 Å². The SMILES string of the molecule is CCCn1ncnc1CC(=O)CC(C)(C)C. The van der Waals surface area contributed by atoms with Gasteiger partial charge in [0.2, 0.25) is 0 Å². The van der Waals surface area contributed by atoms with E-state index in [2.05, 4.69) is 37.8 Å². The summed E-state index contributed by atoms with van der Waals surface area (Å²) in [6, 6.07) is 0. The van der Waals surface area contributed by atoms with E-state index in [1.807, 2.05) is 4.68 Å². The molecule has 0 fully saturated rings. The van der Waals surface area contributed by atoms with Crippen molar-refractivity contribution in [1.29, 1.82) is 0 Å². The second-order valence-electron chi connectivity index (χ2n) is 5.35. The number of carbonyl (C=O) groups is 1. The first-order valence-electron chi connectivity index (χ1n) is 5.81.